The maximum atomic E-state index is 15.3. The lowest BCUT2D eigenvalue weighted by Crippen LogP contribution is -2.36. The van der Waals surface area contributed by atoms with Gasteiger partial charge in [0.25, 0.3) is 11.8 Å². The Balaban J connectivity index is 1.44. The van der Waals surface area contributed by atoms with Crippen LogP contribution in [0.1, 0.15) is 64.1 Å². The zero-order valence-electron chi connectivity index (χ0n) is 22.2. The second-order valence-electron chi connectivity index (χ2n) is 10.4. The number of carbonyl (C=O) groups excluding carboxylic acids is 2. The minimum absolute atomic E-state index is 0.0548. The summed E-state index contributed by atoms with van der Waals surface area (Å²) in [4.78, 5) is 35.6. The Labute approximate surface area is 227 Å². The van der Waals surface area contributed by atoms with Gasteiger partial charge < -0.3 is 20.9 Å². The third-order valence-corrected chi connectivity index (χ3v) is 7.45. The lowest BCUT2D eigenvalue weighted by atomic mass is 9.86. The Morgan fingerprint density at radius 1 is 1.21 bits per heavy atom. The van der Waals surface area contributed by atoms with Crippen LogP contribution in [-0.2, 0) is 4.79 Å². The third kappa shape index (κ3) is 5.79. The molecule has 1 aliphatic heterocycles. The molecule has 7 nitrogen and oxygen atoms in total. The molecule has 0 unspecified atom stereocenters. The Hall–Kier alpha value is -4.22. The van der Waals surface area contributed by atoms with Crippen LogP contribution < -0.4 is 16.0 Å². The molecule has 200 valence electrons. The molecule has 1 aliphatic carbocycles. The van der Waals surface area contributed by atoms with Gasteiger partial charge in [-0.15, -0.1) is 0 Å². The van der Waals surface area contributed by atoms with Crippen molar-refractivity contribution in [3.63, 3.8) is 0 Å². The molecule has 0 radical (unpaired) electrons. The van der Waals surface area contributed by atoms with E-state index in [4.69, 9.17) is 5.73 Å². The predicted octanol–water partition coefficient (Wildman–Crippen LogP) is 4.35. The molecular weight excluding hydrogens is 493 g/mol. The van der Waals surface area contributed by atoms with Gasteiger partial charge in [0.2, 0.25) is 0 Å². The average Bonchev–Trinajstić information content (AvgIpc) is 3.37. The molecule has 1 fully saturated rings. The van der Waals surface area contributed by atoms with Crippen LogP contribution >= 0.6 is 0 Å². The molecule has 1 saturated carbocycles. The first-order valence-electron chi connectivity index (χ1n) is 13.3. The quantitative estimate of drug-likeness (QED) is 0.340. The van der Waals surface area contributed by atoms with Crippen molar-refractivity contribution in [1.29, 1.82) is 0 Å². The summed E-state index contributed by atoms with van der Waals surface area (Å²) in [6.45, 7) is 4.47. The summed E-state index contributed by atoms with van der Waals surface area (Å²) in [5.41, 5.74) is 11.0. The largest absolute Gasteiger partial charge is 0.359 e. The van der Waals surface area contributed by atoms with Crippen LogP contribution in [0.3, 0.4) is 0 Å². The number of aromatic nitrogens is 2. The number of aryl methyl sites for hydroxylation is 2. The molecular formula is C31H32FN5O2. The Kier molecular flexibility index (Phi) is 7.62. The number of fused-ring (bicyclic) bond motifs is 1. The average molecular weight is 526 g/mol. The number of nitrogens with zero attached hydrogens (tertiary/aromatic N) is 2. The lowest BCUT2D eigenvalue weighted by molar-refractivity contribution is -0.113. The molecule has 0 bridgehead atoms. The van der Waals surface area contributed by atoms with Crippen LogP contribution in [0.25, 0.3) is 11.6 Å². The SMILES string of the molecule is Cc1cc(C)c(/C=C2\C(=O)N(CC3CCC(N)CC3)c3cc(C(=O)NCC#Cc4ccncc4)c(F)cc32)[nH]1. The van der Waals surface area contributed by atoms with Crippen molar-refractivity contribution in [1.82, 2.24) is 15.3 Å². The fourth-order valence-corrected chi connectivity index (χ4v) is 5.34. The Bertz CT molecular complexity index is 1490. The first-order valence-corrected chi connectivity index (χ1v) is 13.3. The van der Waals surface area contributed by atoms with Gasteiger partial charge in [-0.05, 0) is 87.4 Å². The number of nitrogens with two attached hydrogens (primary N) is 1. The molecule has 3 heterocycles. The van der Waals surface area contributed by atoms with Gasteiger partial charge in [-0.1, -0.05) is 11.8 Å². The summed E-state index contributed by atoms with van der Waals surface area (Å²) in [5.74, 6) is 4.64. The van der Waals surface area contributed by atoms with E-state index in [1.807, 2.05) is 19.9 Å². The highest BCUT2D eigenvalue weighted by Crippen LogP contribution is 2.41. The van der Waals surface area contributed by atoms with Gasteiger partial charge >= 0.3 is 0 Å². The minimum atomic E-state index is -0.683. The van der Waals surface area contributed by atoms with Crippen LogP contribution in [0.2, 0.25) is 0 Å². The van der Waals surface area contributed by atoms with Crippen molar-refractivity contribution in [3.8, 4) is 11.8 Å². The van der Waals surface area contributed by atoms with Crippen molar-refractivity contribution in [2.45, 2.75) is 45.6 Å². The Morgan fingerprint density at radius 2 is 1.95 bits per heavy atom. The predicted molar refractivity (Wildman–Crippen MR) is 150 cm³/mol. The molecule has 39 heavy (non-hydrogen) atoms. The van der Waals surface area contributed by atoms with Gasteiger partial charge in [0.15, 0.2) is 0 Å². The number of benzene rings is 1. The number of nitrogens with one attached hydrogen (secondary N) is 2. The van der Waals surface area contributed by atoms with E-state index in [0.29, 0.717) is 29.3 Å². The number of pyridine rings is 1. The van der Waals surface area contributed by atoms with E-state index in [9.17, 15) is 9.59 Å². The number of amides is 2. The lowest BCUT2D eigenvalue weighted by Gasteiger charge is -2.30. The first kappa shape index (κ1) is 26.4. The van der Waals surface area contributed by atoms with Gasteiger partial charge in [-0.25, -0.2) is 4.39 Å². The van der Waals surface area contributed by atoms with Crippen molar-refractivity contribution in [2.24, 2.45) is 11.7 Å². The summed E-state index contributed by atoms with van der Waals surface area (Å²) >= 11 is 0. The van der Waals surface area contributed by atoms with Crippen molar-refractivity contribution in [3.05, 3.63) is 82.2 Å². The molecule has 2 aliphatic rings. The van der Waals surface area contributed by atoms with Gasteiger partial charge in [0.05, 0.1) is 23.4 Å². The summed E-state index contributed by atoms with van der Waals surface area (Å²) in [6, 6.07) is 8.53. The number of carbonyl (C=O) groups is 2. The van der Waals surface area contributed by atoms with E-state index in [0.717, 1.165) is 48.2 Å². The monoisotopic (exact) mass is 525 g/mol. The second-order valence-corrected chi connectivity index (χ2v) is 10.4. The van der Waals surface area contributed by atoms with E-state index in [2.05, 4.69) is 27.1 Å². The van der Waals surface area contributed by atoms with E-state index >= 15 is 4.39 Å². The molecule has 0 atom stereocenters. The fraction of sp³-hybridized carbons (Fsp3) is 0.323. The van der Waals surface area contributed by atoms with E-state index in [1.165, 1.54) is 12.1 Å². The van der Waals surface area contributed by atoms with Crippen LogP contribution in [0.5, 0.6) is 0 Å². The van der Waals surface area contributed by atoms with Gasteiger partial charge in [-0.2, -0.15) is 0 Å². The first-order chi connectivity index (χ1) is 18.8. The maximum Gasteiger partial charge on any atom is 0.259 e. The van der Waals surface area contributed by atoms with E-state index in [-0.39, 0.29) is 24.1 Å². The van der Waals surface area contributed by atoms with Crippen LogP contribution in [-0.4, -0.2) is 40.9 Å². The van der Waals surface area contributed by atoms with Crippen molar-refractivity contribution >= 4 is 29.2 Å². The summed E-state index contributed by atoms with van der Waals surface area (Å²) in [6.07, 6.45) is 8.75. The van der Waals surface area contributed by atoms with Crippen LogP contribution in [0, 0.1) is 37.4 Å². The molecule has 0 spiro atoms. The number of aromatic amines is 1. The van der Waals surface area contributed by atoms with Gasteiger partial charge in [0, 0.05) is 47.5 Å². The highest BCUT2D eigenvalue weighted by molar-refractivity contribution is 6.36. The molecule has 1 aromatic carbocycles. The zero-order valence-corrected chi connectivity index (χ0v) is 22.2. The van der Waals surface area contributed by atoms with E-state index < -0.39 is 11.7 Å². The summed E-state index contributed by atoms with van der Waals surface area (Å²) in [7, 11) is 0. The molecule has 3 aromatic rings. The van der Waals surface area contributed by atoms with Crippen LogP contribution in [0.4, 0.5) is 10.1 Å². The maximum absolute atomic E-state index is 15.3. The number of hydrogen-bond donors (Lipinski definition) is 3. The van der Waals surface area contributed by atoms with Crippen molar-refractivity contribution < 1.29 is 14.0 Å². The minimum Gasteiger partial charge on any atom is -0.359 e. The molecule has 8 heteroatoms. The molecule has 2 amide bonds. The zero-order chi connectivity index (χ0) is 27.5. The molecule has 0 saturated heterocycles. The highest BCUT2D eigenvalue weighted by atomic mass is 19.1. The van der Waals surface area contributed by atoms with Gasteiger partial charge in [0.1, 0.15) is 5.82 Å². The fourth-order valence-electron chi connectivity index (χ4n) is 5.34. The van der Waals surface area contributed by atoms with Gasteiger partial charge in [-0.3, -0.25) is 14.6 Å². The summed E-state index contributed by atoms with van der Waals surface area (Å²) in [5, 5.41) is 2.67. The molecule has 4 N–H and O–H groups in total. The normalized spacial score (nSPS) is 19.5. The van der Waals surface area contributed by atoms with Crippen LogP contribution in [0.15, 0.2) is 42.7 Å². The van der Waals surface area contributed by atoms with Crippen molar-refractivity contribution in [2.75, 3.05) is 18.0 Å². The number of anilines is 1. The van der Waals surface area contributed by atoms with E-state index in [1.54, 1.807) is 35.5 Å². The summed E-state index contributed by atoms with van der Waals surface area (Å²) < 4.78 is 15.3. The third-order valence-electron chi connectivity index (χ3n) is 7.45. The second kappa shape index (κ2) is 11.3. The molecule has 5 rings (SSSR count). The Morgan fingerprint density at radius 3 is 2.64 bits per heavy atom. The number of halogens is 1. The standard InChI is InChI=1S/C31H32FN5O2/c1-19-14-20(2)36-28(19)16-25-24-15-27(32)26(30(38)35-11-3-4-21-9-12-34-13-10-21)17-29(24)37(31(25)39)18-22-5-7-23(33)8-6-22/h9-10,12-17,22-23,36H,5-8,11,18,33H2,1-2H3,(H,35,38)/b25-16-. The molecule has 2 aromatic heterocycles. The highest BCUT2D eigenvalue weighted by Gasteiger charge is 2.36. The smallest absolute Gasteiger partial charge is 0.259 e. The number of H-pyrrole nitrogens is 1. The topological polar surface area (TPSA) is 104 Å². The number of rotatable bonds is 5. The number of hydrogen-bond acceptors (Lipinski definition) is 4.